The minimum absolute atomic E-state index is 0.278. The van der Waals surface area contributed by atoms with E-state index in [4.69, 9.17) is 5.84 Å². The average molecular weight is 280 g/mol. The van der Waals surface area contributed by atoms with Crippen LogP contribution in [0.1, 0.15) is 37.8 Å². The monoisotopic (exact) mass is 280 g/mol. The summed E-state index contributed by atoms with van der Waals surface area (Å²) in [5, 5.41) is 0. The molecule has 2 aromatic rings. The van der Waals surface area contributed by atoms with E-state index >= 15 is 0 Å². The SMILES string of the molecule is CC1CCC(C(NN)c2ccc(-c3ccccc3)cc2)C1. The Kier molecular flexibility index (Phi) is 4.37. The van der Waals surface area contributed by atoms with Crippen LogP contribution < -0.4 is 11.3 Å². The summed E-state index contributed by atoms with van der Waals surface area (Å²) >= 11 is 0. The van der Waals surface area contributed by atoms with Gasteiger partial charge in [-0.3, -0.25) is 11.3 Å². The molecular weight excluding hydrogens is 256 g/mol. The highest BCUT2D eigenvalue weighted by atomic mass is 15.2. The van der Waals surface area contributed by atoms with Crippen molar-refractivity contribution in [1.29, 1.82) is 0 Å². The Balaban J connectivity index is 1.79. The van der Waals surface area contributed by atoms with Crippen LogP contribution in [-0.4, -0.2) is 0 Å². The second kappa shape index (κ2) is 6.42. The van der Waals surface area contributed by atoms with E-state index in [1.165, 1.54) is 36.0 Å². The minimum Gasteiger partial charge on any atom is -0.271 e. The van der Waals surface area contributed by atoms with Crippen LogP contribution >= 0.6 is 0 Å². The highest BCUT2D eigenvalue weighted by Gasteiger charge is 2.29. The van der Waals surface area contributed by atoms with Gasteiger partial charge in [-0.05, 0) is 41.4 Å². The summed E-state index contributed by atoms with van der Waals surface area (Å²) in [7, 11) is 0. The zero-order valence-corrected chi connectivity index (χ0v) is 12.6. The second-order valence-corrected chi connectivity index (χ2v) is 6.31. The molecule has 2 aromatic carbocycles. The van der Waals surface area contributed by atoms with Gasteiger partial charge in [0, 0.05) is 6.04 Å². The Hall–Kier alpha value is -1.64. The molecular formula is C19H24N2. The summed E-state index contributed by atoms with van der Waals surface area (Å²) in [6, 6.07) is 19.6. The van der Waals surface area contributed by atoms with Crippen LogP contribution in [0.4, 0.5) is 0 Å². The fraction of sp³-hybridized carbons (Fsp3) is 0.368. The summed E-state index contributed by atoms with van der Waals surface area (Å²) in [6.07, 6.45) is 3.87. The van der Waals surface area contributed by atoms with Crippen LogP contribution in [0.3, 0.4) is 0 Å². The van der Waals surface area contributed by atoms with Gasteiger partial charge in [0.15, 0.2) is 0 Å². The molecule has 3 N–H and O–H groups in total. The maximum absolute atomic E-state index is 5.83. The van der Waals surface area contributed by atoms with Crippen molar-refractivity contribution in [2.45, 2.75) is 32.2 Å². The quantitative estimate of drug-likeness (QED) is 0.647. The van der Waals surface area contributed by atoms with E-state index in [0.29, 0.717) is 5.92 Å². The summed E-state index contributed by atoms with van der Waals surface area (Å²) in [5.74, 6) is 7.32. The summed E-state index contributed by atoms with van der Waals surface area (Å²) in [6.45, 7) is 2.34. The first-order valence-corrected chi connectivity index (χ1v) is 7.89. The lowest BCUT2D eigenvalue weighted by Crippen LogP contribution is -2.32. The molecule has 21 heavy (non-hydrogen) atoms. The predicted molar refractivity (Wildman–Crippen MR) is 88.4 cm³/mol. The Morgan fingerprint density at radius 3 is 2.19 bits per heavy atom. The second-order valence-electron chi connectivity index (χ2n) is 6.31. The Labute approximate surface area is 127 Å². The Morgan fingerprint density at radius 1 is 0.952 bits per heavy atom. The molecule has 3 rings (SSSR count). The summed E-state index contributed by atoms with van der Waals surface area (Å²) < 4.78 is 0. The van der Waals surface area contributed by atoms with Crippen molar-refractivity contribution in [3.05, 3.63) is 60.2 Å². The van der Waals surface area contributed by atoms with Crippen molar-refractivity contribution in [1.82, 2.24) is 5.43 Å². The van der Waals surface area contributed by atoms with Crippen LogP contribution in [0.15, 0.2) is 54.6 Å². The normalized spacial score (nSPS) is 23.1. The number of hydrogen-bond donors (Lipinski definition) is 2. The standard InChI is InChI=1S/C19H24N2/c1-14-7-8-18(13-14)19(21-20)17-11-9-16(10-12-17)15-5-3-2-4-6-15/h2-6,9-12,14,18-19,21H,7-8,13,20H2,1H3. The van der Waals surface area contributed by atoms with Crippen LogP contribution in [0, 0.1) is 11.8 Å². The highest BCUT2D eigenvalue weighted by Crippen LogP contribution is 2.38. The number of nitrogens with one attached hydrogen (secondary N) is 1. The van der Waals surface area contributed by atoms with Gasteiger partial charge in [0.2, 0.25) is 0 Å². The lowest BCUT2D eigenvalue weighted by Gasteiger charge is -2.23. The maximum atomic E-state index is 5.83. The first kappa shape index (κ1) is 14.3. The number of nitrogens with two attached hydrogens (primary N) is 1. The predicted octanol–water partition coefficient (Wildman–Crippen LogP) is 4.29. The Bertz CT molecular complexity index is 562. The number of hydrogen-bond acceptors (Lipinski definition) is 2. The van der Waals surface area contributed by atoms with Crippen LogP contribution in [0.5, 0.6) is 0 Å². The molecule has 0 aliphatic heterocycles. The molecule has 1 aliphatic rings. The molecule has 0 radical (unpaired) electrons. The maximum Gasteiger partial charge on any atom is 0.0488 e. The van der Waals surface area contributed by atoms with Gasteiger partial charge < -0.3 is 0 Å². The lowest BCUT2D eigenvalue weighted by atomic mass is 9.90. The van der Waals surface area contributed by atoms with Crippen molar-refractivity contribution in [3.8, 4) is 11.1 Å². The summed E-state index contributed by atoms with van der Waals surface area (Å²) in [5.41, 5.74) is 6.86. The van der Waals surface area contributed by atoms with Crippen molar-refractivity contribution in [2.24, 2.45) is 17.7 Å². The van der Waals surface area contributed by atoms with Crippen molar-refractivity contribution in [3.63, 3.8) is 0 Å². The fourth-order valence-corrected chi connectivity index (χ4v) is 3.57. The molecule has 3 atom stereocenters. The van der Waals surface area contributed by atoms with Gasteiger partial charge in [-0.15, -0.1) is 0 Å². The van der Waals surface area contributed by atoms with E-state index in [2.05, 4.69) is 60.9 Å². The van der Waals surface area contributed by atoms with Crippen molar-refractivity contribution in [2.75, 3.05) is 0 Å². The van der Waals surface area contributed by atoms with E-state index in [1.54, 1.807) is 0 Å². The van der Waals surface area contributed by atoms with E-state index in [1.807, 2.05) is 6.07 Å². The zero-order chi connectivity index (χ0) is 14.7. The van der Waals surface area contributed by atoms with Crippen molar-refractivity contribution < 1.29 is 0 Å². The topological polar surface area (TPSA) is 38.0 Å². The molecule has 0 amide bonds. The van der Waals surface area contributed by atoms with Gasteiger partial charge in [-0.2, -0.15) is 0 Å². The third-order valence-electron chi connectivity index (χ3n) is 4.76. The average Bonchev–Trinajstić information content (AvgIpc) is 2.96. The zero-order valence-electron chi connectivity index (χ0n) is 12.6. The van der Waals surface area contributed by atoms with Crippen LogP contribution in [0.2, 0.25) is 0 Å². The molecule has 1 aliphatic carbocycles. The summed E-state index contributed by atoms with van der Waals surface area (Å²) in [4.78, 5) is 0. The largest absolute Gasteiger partial charge is 0.271 e. The molecule has 0 spiro atoms. The van der Waals surface area contributed by atoms with Gasteiger partial charge in [0.05, 0.1) is 0 Å². The smallest absolute Gasteiger partial charge is 0.0488 e. The third kappa shape index (κ3) is 3.17. The van der Waals surface area contributed by atoms with E-state index < -0.39 is 0 Å². The van der Waals surface area contributed by atoms with Gasteiger partial charge in [0.25, 0.3) is 0 Å². The molecule has 2 heteroatoms. The molecule has 1 saturated carbocycles. The van der Waals surface area contributed by atoms with Crippen molar-refractivity contribution >= 4 is 0 Å². The third-order valence-corrected chi connectivity index (χ3v) is 4.76. The van der Waals surface area contributed by atoms with Gasteiger partial charge in [-0.1, -0.05) is 67.9 Å². The number of rotatable bonds is 4. The van der Waals surface area contributed by atoms with Crippen LogP contribution in [0.25, 0.3) is 11.1 Å². The number of hydrazine groups is 1. The molecule has 0 saturated heterocycles. The van der Waals surface area contributed by atoms with E-state index in [9.17, 15) is 0 Å². The van der Waals surface area contributed by atoms with E-state index in [-0.39, 0.29) is 6.04 Å². The first-order valence-electron chi connectivity index (χ1n) is 7.89. The molecule has 2 nitrogen and oxygen atoms in total. The van der Waals surface area contributed by atoms with Gasteiger partial charge >= 0.3 is 0 Å². The molecule has 3 unspecified atom stereocenters. The first-order chi connectivity index (χ1) is 10.3. The van der Waals surface area contributed by atoms with E-state index in [0.717, 1.165) is 5.92 Å². The molecule has 0 bridgehead atoms. The van der Waals surface area contributed by atoms with Crippen LogP contribution in [-0.2, 0) is 0 Å². The lowest BCUT2D eigenvalue weighted by molar-refractivity contribution is 0.364. The van der Waals surface area contributed by atoms with Gasteiger partial charge in [0.1, 0.15) is 0 Å². The molecule has 110 valence electrons. The van der Waals surface area contributed by atoms with Gasteiger partial charge in [-0.25, -0.2) is 0 Å². The molecule has 0 heterocycles. The number of benzene rings is 2. The molecule has 1 fully saturated rings. The molecule has 0 aromatic heterocycles. The fourth-order valence-electron chi connectivity index (χ4n) is 3.57. The minimum atomic E-state index is 0.278. The highest BCUT2D eigenvalue weighted by molar-refractivity contribution is 5.63. The Morgan fingerprint density at radius 2 is 1.62 bits per heavy atom.